The summed E-state index contributed by atoms with van der Waals surface area (Å²) in [5.41, 5.74) is 2.92. The maximum absolute atomic E-state index is 4.72. The van der Waals surface area contributed by atoms with E-state index >= 15 is 0 Å². The normalized spacial score (nSPS) is 12.7. The molecule has 3 aromatic rings. The number of nitrogens with one attached hydrogen (secondary N) is 1. The monoisotopic (exact) mass is 283 g/mol. The number of aryl methyl sites for hydroxylation is 1. The Bertz CT molecular complexity index is 679. The highest BCUT2D eigenvalue weighted by atomic mass is 32.1. The first kappa shape index (κ1) is 13.2. The second-order valence-corrected chi connectivity index (χ2v) is 5.78. The number of thiophene rings is 1. The van der Waals surface area contributed by atoms with Crippen LogP contribution < -0.4 is 5.32 Å². The van der Waals surface area contributed by atoms with Crippen LogP contribution in [0.2, 0.25) is 0 Å². The van der Waals surface area contributed by atoms with E-state index in [1.54, 1.807) is 0 Å². The van der Waals surface area contributed by atoms with E-state index in [9.17, 15) is 0 Å². The Hall–Kier alpha value is -1.78. The van der Waals surface area contributed by atoms with Crippen LogP contribution in [0.3, 0.4) is 0 Å². The first-order valence-corrected chi connectivity index (χ1v) is 7.66. The highest BCUT2D eigenvalue weighted by molar-refractivity contribution is 7.09. The minimum absolute atomic E-state index is 0.245. The number of benzene rings is 1. The zero-order valence-electron chi connectivity index (χ0n) is 11.4. The molecule has 0 radical (unpaired) electrons. The van der Waals surface area contributed by atoms with Gasteiger partial charge in [-0.1, -0.05) is 18.2 Å². The summed E-state index contributed by atoms with van der Waals surface area (Å²) >= 11 is 1.81. The molecule has 0 aliphatic heterocycles. The lowest BCUT2D eigenvalue weighted by atomic mass is 10.1. The van der Waals surface area contributed by atoms with Gasteiger partial charge in [-0.3, -0.25) is 4.98 Å². The van der Waals surface area contributed by atoms with Crippen LogP contribution in [0.5, 0.6) is 0 Å². The molecular formula is C16H17N3S. The van der Waals surface area contributed by atoms with Crippen molar-refractivity contribution >= 4 is 22.4 Å². The quantitative estimate of drug-likeness (QED) is 0.777. The Labute approximate surface area is 122 Å². The van der Waals surface area contributed by atoms with Gasteiger partial charge in [0.15, 0.2) is 0 Å². The van der Waals surface area contributed by atoms with E-state index < -0.39 is 0 Å². The molecule has 4 heteroatoms. The van der Waals surface area contributed by atoms with Crippen molar-refractivity contribution in [1.29, 1.82) is 0 Å². The molecular weight excluding hydrogens is 266 g/mol. The second kappa shape index (κ2) is 6.11. The third-order valence-corrected chi connectivity index (χ3v) is 4.37. The Morgan fingerprint density at radius 1 is 1.15 bits per heavy atom. The van der Waals surface area contributed by atoms with Crippen molar-refractivity contribution in [1.82, 2.24) is 15.3 Å². The predicted molar refractivity (Wildman–Crippen MR) is 84.0 cm³/mol. The van der Waals surface area contributed by atoms with E-state index in [0.717, 1.165) is 29.6 Å². The first-order chi connectivity index (χ1) is 9.86. The lowest BCUT2D eigenvalue weighted by molar-refractivity contribution is 0.537. The van der Waals surface area contributed by atoms with Crippen LogP contribution >= 0.6 is 11.3 Å². The third-order valence-electron chi connectivity index (χ3n) is 3.43. The van der Waals surface area contributed by atoms with Gasteiger partial charge in [0.1, 0.15) is 0 Å². The van der Waals surface area contributed by atoms with Gasteiger partial charge < -0.3 is 5.32 Å². The van der Waals surface area contributed by atoms with E-state index in [-0.39, 0.29) is 6.04 Å². The molecule has 0 amide bonds. The van der Waals surface area contributed by atoms with Gasteiger partial charge in [0.2, 0.25) is 0 Å². The minimum Gasteiger partial charge on any atom is -0.312 e. The molecule has 102 valence electrons. The summed E-state index contributed by atoms with van der Waals surface area (Å²) in [4.78, 5) is 10.6. The van der Waals surface area contributed by atoms with E-state index in [1.165, 1.54) is 4.88 Å². The van der Waals surface area contributed by atoms with Gasteiger partial charge in [-0.25, -0.2) is 4.98 Å². The fraction of sp³-hybridized carbons (Fsp3) is 0.250. The van der Waals surface area contributed by atoms with E-state index in [4.69, 9.17) is 4.98 Å². The van der Waals surface area contributed by atoms with Crippen molar-refractivity contribution in [2.45, 2.75) is 18.9 Å². The van der Waals surface area contributed by atoms with Gasteiger partial charge in [-0.2, -0.15) is 0 Å². The van der Waals surface area contributed by atoms with Crippen LogP contribution in [0.15, 0.2) is 48.0 Å². The summed E-state index contributed by atoms with van der Waals surface area (Å²) < 4.78 is 0. The summed E-state index contributed by atoms with van der Waals surface area (Å²) in [6, 6.07) is 12.5. The van der Waals surface area contributed by atoms with Crippen molar-refractivity contribution in [3.8, 4) is 0 Å². The topological polar surface area (TPSA) is 37.8 Å². The highest BCUT2D eigenvalue weighted by Gasteiger charge is 2.12. The number of para-hydroxylation sites is 2. The highest BCUT2D eigenvalue weighted by Crippen LogP contribution is 2.20. The fourth-order valence-corrected chi connectivity index (χ4v) is 3.05. The summed E-state index contributed by atoms with van der Waals surface area (Å²) in [6.45, 7) is 0. The second-order valence-electron chi connectivity index (χ2n) is 4.74. The number of rotatable bonds is 5. The molecule has 3 nitrogen and oxygen atoms in total. The molecule has 0 fully saturated rings. The molecule has 0 saturated carbocycles. The van der Waals surface area contributed by atoms with Gasteiger partial charge >= 0.3 is 0 Å². The van der Waals surface area contributed by atoms with Gasteiger partial charge in [0, 0.05) is 4.88 Å². The van der Waals surface area contributed by atoms with E-state index in [2.05, 4.69) is 27.8 Å². The lowest BCUT2D eigenvalue weighted by Gasteiger charge is -2.15. The predicted octanol–water partition coefficient (Wildman–Crippen LogP) is 3.58. The Morgan fingerprint density at radius 3 is 2.75 bits per heavy atom. The van der Waals surface area contributed by atoms with E-state index in [0.29, 0.717) is 0 Å². The zero-order chi connectivity index (χ0) is 13.8. The molecule has 1 unspecified atom stereocenters. The van der Waals surface area contributed by atoms with Crippen LogP contribution in [-0.4, -0.2) is 17.0 Å². The zero-order valence-corrected chi connectivity index (χ0v) is 12.2. The minimum atomic E-state index is 0.245. The molecule has 2 heterocycles. The van der Waals surface area contributed by atoms with Crippen LogP contribution in [0.4, 0.5) is 0 Å². The van der Waals surface area contributed by atoms with Gasteiger partial charge in [0.25, 0.3) is 0 Å². The van der Waals surface area contributed by atoms with Crippen molar-refractivity contribution in [3.63, 3.8) is 0 Å². The summed E-state index contributed by atoms with van der Waals surface area (Å²) in [6.07, 6.45) is 3.99. The number of hydrogen-bond donors (Lipinski definition) is 1. The molecule has 2 aromatic heterocycles. The van der Waals surface area contributed by atoms with E-state index in [1.807, 2.05) is 48.8 Å². The Kier molecular flexibility index (Phi) is 4.04. The summed E-state index contributed by atoms with van der Waals surface area (Å²) in [7, 11) is 1.98. The molecule has 0 saturated heterocycles. The van der Waals surface area contributed by atoms with Crippen molar-refractivity contribution in [2.75, 3.05) is 7.05 Å². The summed E-state index contributed by atoms with van der Waals surface area (Å²) in [5, 5.41) is 5.47. The number of hydrogen-bond acceptors (Lipinski definition) is 4. The average Bonchev–Trinajstić information content (AvgIpc) is 3.01. The summed E-state index contributed by atoms with van der Waals surface area (Å²) in [5.74, 6) is 0. The maximum atomic E-state index is 4.72. The molecule has 0 aliphatic carbocycles. The SMILES string of the molecule is CNC(CCc1cccs1)c1cnc2ccccc2n1. The fourth-order valence-electron chi connectivity index (χ4n) is 2.32. The number of fused-ring (bicyclic) bond motifs is 1. The first-order valence-electron chi connectivity index (χ1n) is 6.78. The standard InChI is InChI=1S/C16H17N3S/c1-17-13(9-8-12-5-4-10-20-12)16-11-18-14-6-2-3-7-15(14)19-16/h2-7,10-11,13,17H,8-9H2,1H3. The smallest absolute Gasteiger partial charge is 0.0890 e. The maximum Gasteiger partial charge on any atom is 0.0890 e. The third kappa shape index (κ3) is 2.86. The molecule has 0 bridgehead atoms. The molecule has 1 aromatic carbocycles. The van der Waals surface area contributed by atoms with Crippen molar-refractivity contribution < 1.29 is 0 Å². The molecule has 1 N–H and O–H groups in total. The molecule has 3 rings (SSSR count). The average molecular weight is 283 g/mol. The van der Waals surface area contributed by atoms with Crippen LogP contribution in [0.25, 0.3) is 11.0 Å². The molecule has 0 aliphatic rings. The van der Waals surface area contributed by atoms with Crippen molar-refractivity contribution in [3.05, 3.63) is 58.5 Å². The van der Waals surface area contributed by atoms with Crippen LogP contribution in [-0.2, 0) is 6.42 Å². The molecule has 0 spiro atoms. The number of aromatic nitrogens is 2. The van der Waals surface area contributed by atoms with Crippen molar-refractivity contribution in [2.24, 2.45) is 0 Å². The van der Waals surface area contributed by atoms with Gasteiger partial charge in [0.05, 0.1) is 29.0 Å². The van der Waals surface area contributed by atoms with Crippen LogP contribution in [0, 0.1) is 0 Å². The molecule has 1 atom stereocenters. The Morgan fingerprint density at radius 2 is 2.00 bits per heavy atom. The lowest BCUT2D eigenvalue weighted by Crippen LogP contribution is -2.18. The van der Waals surface area contributed by atoms with Gasteiger partial charge in [-0.15, -0.1) is 11.3 Å². The Balaban J connectivity index is 1.79. The largest absolute Gasteiger partial charge is 0.312 e. The number of nitrogens with zero attached hydrogens (tertiary/aromatic N) is 2. The molecule has 20 heavy (non-hydrogen) atoms. The van der Waals surface area contributed by atoms with Crippen LogP contribution in [0.1, 0.15) is 23.0 Å². The van der Waals surface area contributed by atoms with Gasteiger partial charge in [-0.05, 0) is 43.5 Å².